The SMILES string of the molecule is CC1(C)COCCN1C(=O)Cc1csc(N)n1. The summed E-state index contributed by atoms with van der Waals surface area (Å²) in [7, 11) is 0. The van der Waals surface area contributed by atoms with Crippen LogP contribution in [-0.2, 0) is 16.0 Å². The molecule has 0 radical (unpaired) electrons. The highest BCUT2D eigenvalue weighted by atomic mass is 32.1. The molecular weight excluding hydrogens is 238 g/mol. The van der Waals surface area contributed by atoms with E-state index in [4.69, 9.17) is 10.5 Å². The van der Waals surface area contributed by atoms with Crippen molar-refractivity contribution in [3.63, 3.8) is 0 Å². The van der Waals surface area contributed by atoms with E-state index in [1.54, 1.807) is 0 Å². The number of ether oxygens (including phenoxy) is 1. The van der Waals surface area contributed by atoms with Gasteiger partial charge in [-0.2, -0.15) is 0 Å². The quantitative estimate of drug-likeness (QED) is 0.852. The number of aromatic nitrogens is 1. The molecule has 2 N–H and O–H groups in total. The fourth-order valence-corrected chi connectivity index (χ4v) is 2.54. The number of morpholine rings is 1. The molecule has 0 unspecified atom stereocenters. The summed E-state index contributed by atoms with van der Waals surface area (Å²) in [6.07, 6.45) is 0.317. The average molecular weight is 255 g/mol. The highest BCUT2D eigenvalue weighted by molar-refractivity contribution is 7.13. The van der Waals surface area contributed by atoms with Gasteiger partial charge in [0.15, 0.2) is 5.13 Å². The van der Waals surface area contributed by atoms with Crippen molar-refractivity contribution in [1.29, 1.82) is 0 Å². The lowest BCUT2D eigenvalue weighted by atomic mass is 10.0. The lowest BCUT2D eigenvalue weighted by molar-refractivity contribution is -0.145. The molecule has 1 aromatic rings. The highest BCUT2D eigenvalue weighted by Crippen LogP contribution is 2.21. The van der Waals surface area contributed by atoms with Gasteiger partial charge < -0.3 is 15.4 Å². The maximum absolute atomic E-state index is 12.2. The van der Waals surface area contributed by atoms with Crippen molar-refractivity contribution in [3.8, 4) is 0 Å². The highest BCUT2D eigenvalue weighted by Gasteiger charge is 2.33. The van der Waals surface area contributed by atoms with Gasteiger partial charge in [0.05, 0.1) is 30.9 Å². The van der Waals surface area contributed by atoms with E-state index in [-0.39, 0.29) is 11.4 Å². The van der Waals surface area contributed by atoms with Gasteiger partial charge >= 0.3 is 0 Å². The molecule has 17 heavy (non-hydrogen) atoms. The first-order chi connectivity index (χ1) is 7.99. The van der Waals surface area contributed by atoms with Gasteiger partial charge in [-0.3, -0.25) is 4.79 Å². The summed E-state index contributed by atoms with van der Waals surface area (Å²) in [5.74, 6) is 0.0867. The van der Waals surface area contributed by atoms with E-state index >= 15 is 0 Å². The number of carbonyl (C=O) groups is 1. The Balaban J connectivity index is 2.04. The topological polar surface area (TPSA) is 68.5 Å². The monoisotopic (exact) mass is 255 g/mol. The Kier molecular flexibility index (Phi) is 3.35. The van der Waals surface area contributed by atoms with Gasteiger partial charge in [-0.25, -0.2) is 4.98 Å². The van der Waals surface area contributed by atoms with Crippen molar-refractivity contribution >= 4 is 22.4 Å². The van der Waals surface area contributed by atoms with E-state index in [1.165, 1.54) is 11.3 Å². The second-order valence-electron chi connectivity index (χ2n) is 4.76. The van der Waals surface area contributed by atoms with Crippen molar-refractivity contribution in [2.45, 2.75) is 25.8 Å². The summed E-state index contributed by atoms with van der Waals surface area (Å²) >= 11 is 1.36. The van der Waals surface area contributed by atoms with E-state index in [1.807, 2.05) is 24.1 Å². The second-order valence-corrected chi connectivity index (χ2v) is 5.65. The molecule has 94 valence electrons. The normalized spacial score (nSPS) is 19.3. The molecule has 0 saturated carbocycles. The Morgan fingerprint density at radius 1 is 1.71 bits per heavy atom. The van der Waals surface area contributed by atoms with Crippen LogP contribution < -0.4 is 5.73 Å². The number of anilines is 1. The molecule has 5 nitrogen and oxygen atoms in total. The maximum atomic E-state index is 12.2. The van der Waals surface area contributed by atoms with Crippen molar-refractivity contribution in [3.05, 3.63) is 11.1 Å². The number of hydrogen-bond acceptors (Lipinski definition) is 5. The van der Waals surface area contributed by atoms with Gasteiger partial charge in [0.1, 0.15) is 0 Å². The Hall–Kier alpha value is -1.14. The van der Waals surface area contributed by atoms with Gasteiger partial charge in [-0.15, -0.1) is 11.3 Å². The Morgan fingerprint density at radius 3 is 3.06 bits per heavy atom. The summed E-state index contributed by atoms with van der Waals surface area (Å²) in [5.41, 5.74) is 6.06. The minimum atomic E-state index is -0.239. The van der Waals surface area contributed by atoms with Crippen molar-refractivity contribution in [2.75, 3.05) is 25.5 Å². The molecule has 0 spiro atoms. The molecule has 2 heterocycles. The molecule has 0 aromatic carbocycles. The average Bonchev–Trinajstić information content (AvgIpc) is 2.63. The zero-order valence-electron chi connectivity index (χ0n) is 10.1. The molecule has 0 atom stereocenters. The van der Waals surface area contributed by atoms with Gasteiger partial charge in [-0.1, -0.05) is 0 Å². The molecule has 1 fully saturated rings. The lowest BCUT2D eigenvalue weighted by Gasteiger charge is -2.42. The zero-order valence-corrected chi connectivity index (χ0v) is 10.9. The summed E-state index contributed by atoms with van der Waals surface area (Å²) < 4.78 is 5.39. The van der Waals surface area contributed by atoms with E-state index in [9.17, 15) is 4.79 Å². The molecule has 0 bridgehead atoms. The third-order valence-electron chi connectivity index (χ3n) is 2.85. The Labute approximate surface area is 105 Å². The van der Waals surface area contributed by atoms with Crippen molar-refractivity contribution < 1.29 is 9.53 Å². The van der Waals surface area contributed by atoms with E-state index in [0.717, 1.165) is 5.69 Å². The largest absolute Gasteiger partial charge is 0.377 e. The minimum absolute atomic E-state index is 0.0867. The summed E-state index contributed by atoms with van der Waals surface area (Å²) in [5, 5.41) is 2.34. The molecule has 2 rings (SSSR count). The number of nitrogens with two attached hydrogens (primary N) is 1. The summed E-state index contributed by atoms with van der Waals surface area (Å²) in [6.45, 7) is 5.86. The molecule has 1 aromatic heterocycles. The van der Waals surface area contributed by atoms with Crippen LogP contribution in [0.5, 0.6) is 0 Å². The molecule has 0 aliphatic carbocycles. The van der Waals surface area contributed by atoms with Crippen LogP contribution in [0.1, 0.15) is 19.5 Å². The van der Waals surface area contributed by atoms with Crippen molar-refractivity contribution in [1.82, 2.24) is 9.88 Å². The van der Waals surface area contributed by atoms with Gasteiger partial charge in [0.2, 0.25) is 5.91 Å². The van der Waals surface area contributed by atoms with E-state index < -0.39 is 0 Å². The number of hydrogen-bond donors (Lipinski definition) is 1. The van der Waals surface area contributed by atoms with Gasteiger partial charge in [0.25, 0.3) is 0 Å². The van der Waals surface area contributed by atoms with Crippen LogP contribution in [-0.4, -0.2) is 41.1 Å². The number of nitrogen functional groups attached to an aromatic ring is 1. The number of amides is 1. The smallest absolute Gasteiger partial charge is 0.229 e. The van der Waals surface area contributed by atoms with Crippen LogP contribution in [0.15, 0.2) is 5.38 Å². The van der Waals surface area contributed by atoms with Crippen LogP contribution in [0.25, 0.3) is 0 Å². The van der Waals surface area contributed by atoms with E-state index in [0.29, 0.717) is 31.3 Å². The predicted molar refractivity (Wildman–Crippen MR) is 66.8 cm³/mol. The van der Waals surface area contributed by atoms with Crippen LogP contribution in [0.2, 0.25) is 0 Å². The van der Waals surface area contributed by atoms with Gasteiger partial charge in [0, 0.05) is 11.9 Å². The Bertz CT molecular complexity index is 417. The lowest BCUT2D eigenvalue weighted by Crippen LogP contribution is -2.55. The molecule has 1 aliphatic rings. The molecule has 1 amide bonds. The van der Waals surface area contributed by atoms with E-state index in [2.05, 4.69) is 4.98 Å². The van der Waals surface area contributed by atoms with Crippen LogP contribution >= 0.6 is 11.3 Å². The third-order valence-corrected chi connectivity index (χ3v) is 3.57. The zero-order chi connectivity index (χ0) is 12.5. The van der Waals surface area contributed by atoms with Gasteiger partial charge in [-0.05, 0) is 13.8 Å². The predicted octanol–water partition coefficient (Wildman–Crippen LogP) is 0.905. The number of nitrogens with zero attached hydrogens (tertiary/aromatic N) is 2. The molecule has 1 saturated heterocycles. The fraction of sp³-hybridized carbons (Fsp3) is 0.636. The standard InChI is InChI=1S/C11H17N3O2S/c1-11(2)7-16-4-3-14(11)9(15)5-8-6-17-10(12)13-8/h6H,3-5,7H2,1-2H3,(H2,12,13). The van der Waals surface area contributed by atoms with Crippen LogP contribution in [0.3, 0.4) is 0 Å². The fourth-order valence-electron chi connectivity index (χ4n) is 1.97. The number of thiazole rings is 1. The first-order valence-corrected chi connectivity index (χ1v) is 6.45. The second kappa shape index (κ2) is 4.62. The molecular formula is C11H17N3O2S. The summed E-state index contributed by atoms with van der Waals surface area (Å²) in [4.78, 5) is 18.2. The first kappa shape index (κ1) is 12.3. The first-order valence-electron chi connectivity index (χ1n) is 5.57. The maximum Gasteiger partial charge on any atom is 0.229 e. The van der Waals surface area contributed by atoms with Crippen LogP contribution in [0.4, 0.5) is 5.13 Å². The Morgan fingerprint density at radius 2 is 2.47 bits per heavy atom. The minimum Gasteiger partial charge on any atom is -0.377 e. The molecule has 6 heteroatoms. The summed E-state index contributed by atoms with van der Waals surface area (Å²) in [6, 6.07) is 0. The number of rotatable bonds is 2. The van der Waals surface area contributed by atoms with Crippen LogP contribution in [0, 0.1) is 0 Å². The molecule has 1 aliphatic heterocycles. The third kappa shape index (κ3) is 2.76. The number of carbonyl (C=O) groups excluding carboxylic acids is 1. The van der Waals surface area contributed by atoms with Crippen molar-refractivity contribution in [2.24, 2.45) is 0 Å².